The molecule has 1 amide bonds. The van der Waals surface area contributed by atoms with Gasteiger partial charge < -0.3 is 11.5 Å². The van der Waals surface area contributed by atoms with Crippen LogP contribution in [0.2, 0.25) is 0 Å². The van der Waals surface area contributed by atoms with E-state index in [4.69, 9.17) is 11.5 Å². The average molecular weight is 239 g/mol. The minimum absolute atomic E-state index is 0.287. The van der Waals surface area contributed by atoms with Crippen molar-refractivity contribution in [2.45, 2.75) is 20.4 Å². The molecule has 0 saturated heterocycles. The molecule has 0 aliphatic heterocycles. The van der Waals surface area contributed by atoms with Crippen LogP contribution in [-0.4, -0.2) is 40.2 Å². The Kier molecular flexibility index (Phi) is 4.96. The Balaban J connectivity index is 2.45. The van der Waals surface area contributed by atoms with Crippen LogP contribution in [0.15, 0.2) is 12.3 Å². The third-order valence-electron chi connectivity index (χ3n) is 2.31. The van der Waals surface area contributed by atoms with Gasteiger partial charge in [-0.2, -0.15) is 5.10 Å². The molecular formula is C11H21N5O. The van der Waals surface area contributed by atoms with E-state index in [9.17, 15) is 4.79 Å². The van der Waals surface area contributed by atoms with Gasteiger partial charge in [0.1, 0.15) is 5.82 Å². The lowest BCUT2D eigenvalue weighted by molar-refractivity contribution is -0.119. The van der Waals surface area contributed by atoms with E-state index in [1.54, 1.807) is 10.7 Å². The largest absolute Gasteiger partial charge is 0.382 e. The maximum atomic E-state index is 10.9. The van der Waals surface area contributed by atoms with Crippen molar-refractivity contribution in [3.8, 4) is 0 Å². The first kappa shape index (κ1) is 13.5. The Morgan fingerprint density at radius 3 is 2.76 bits per heavy atom. The lowest BCUT2D eigenvalue weighted by Crippen LogP contribution is -2.38. The molecule has 1 aromatic heterocycles. The summed E-state index contributed by atoms with van der Waals surface area (Å²) in [7, 11) is 0. The maximum absolute atomic E-state index is 10.9. The number of nitrogens with zero attached hydrogens (tertiary/aromatic N) is 3. The van der Waals surface area contributed by atoms with E-state index >= 15 is 0 Å². The predicted octanol–water partition coefficient (Wildman–Crippen LogP) is -0.0914. The van der Waals surface area contributed by atoms with Gasteiger partial charge >= 0.3 is 0 Å². The molecule has 1 heterocycles. The minimum atomic E-state index is -0.300. The molecule has 1 aromatic rings. The second kappa shape index (κ2) is 6.24. The number of aromatic nitrogens is 2. The smallest absolute Gasteiger partial charge is 0.231 e. The SMILES string of the molecule is CC(C)CN(CCn1ccc(N)n1)CC(N)=O. The van der Waals surface area contributed by atoms with Gasteiger partial charge in [-0.25, -0.2) is 0 Å². The summed E-state index contributed by atoms with van der Waals surface area (Å²) < 4.78 is 1.77. The van der Waals surface area contributed by atoms with Crippen molar-refractivity contribution < 1.29 is 4.79 Å². The van der Waals surface area contributed by atoms with Gasteiger partial charge in [0, 0.05) is 19.3 Å². The molecule has 0 radical (unpaired) electrons. The molecule has 0 aliphatic carbocycles. The van der Waals surface area contributed by atoms with E-state index in [0.717, 1.165) is 13.1 Å². The van der Waals surface area contributed by atoms with Crippen LogP contribution >= 0.6 is 0 Å². The molecule has 6 heteroatoms. The molecule has 0 fully saturated rings. The molecule has 0 aliphatic rings. The van der Waals surface area contributed by atoms with E-state index in [0.29, 0.717) is 18.3 Å². The minimum Gasteiger partial charge on any atom is -0.382 e. The monoisotopic (exact) mass is 239 g/mol. The normalized spacial score (nSPS) is 11.3. The predicted molar refractivity (Wildman–Crippen MR) is 67.1 cm³/mol. The van der Waals surface area contributed by atoms with Crippen LogP contribution < -0.4 is 11.5 Å². The molecule has 0 bridgehead atoms. The summed E-state index contributed by atoms with van der Waals surface area (Å²) in [6.07, 6.45) is 1.83. The highest BCUT2D eigenvalue weighted by atomic mass is 16.1. The highest BCUT2D eigenvalue weighted by Gasteiger charge is 2.10. The van der Waals surface area contributed by atoms with Gasteiger partial charge in [0.2, 0.25) is 5.91 Å². The van der Waals surface area contributed by atoms with E-state index in [1.165, 1.54) is 0 Å². The molecule has 4 N–H and O–H groups in total. The topological polar surface area (TPSA) is 90.2 Å². The fourth-order valence-corrected chi connectivity index (χ4v) is 1.72. The van der Waals surface area contributed by atoms with E-state index in [-0.39, 0.29) is 12.5 Å². The highest BCUT2D eigenvalue weighted by molar-refractivity contribution is 5.75. The summed E-state index contributed by atoms with van der Waals surface area (Å²) in [6, 6.07) is 1.75. The van der Waals surface area contributed by atoms with E-state index in [2.05, 4.69) is 18.9 Å². The summed E-state index contributed by atoms with van der Waals surface area (Å²) in [4.78, 5) is 13.0. The second-order valence-electron chi connectivity index (χ2n) is 4.60. The number of primary amides is 1. The Labute approximate surface area is 102 Å². The molecule has 1 rings (SSSR count). The van der Waals surface area contributed by atoms with Crippen molar-refractivity contribution in [1.82, 2.24) is 14.7 Å². The number of rotatable bonds is 7. The van der Waals surface area contributed by atoms with Crippen molar-refractivity contribution in [2.24, 2.45) is 11.7 Å². The number of nitrogens with two attached hydrogens (primary N) is 2. The fraction of sp³-hybridized carbons (Fsp3) is 0.636. The van der Waals surface area contributed by atoms with Gasteiger partial charge in [-0.05, 0) is 12.0 Å². The van der Waals surface area contributed by atoms with Crippen LogP contribution in [0.1, 0.15) is 13.8 Å². The number of nitrogen functional groups attached to an aromatic ring is 1. The first-order valence-corrected chi connectivity index (χ1v) is 5.77. The number of carbonyl (C=O) groups is 1. The summed E-state index contributed by atoms with van der Waals surface area (Å²) in [5, 5.41) is 4.09. The summed E-state index contributed by atoms with van der Waals surface area (Å²) in [6.45, 7) is 6.80. The molecule has 0 saturated carbocycles. The van der Waals surface area contributed by atoms with E-state index in [1.807, 2.05) is 11.1 Å². The van der Waals surface area contributed by atoms with Crippen LogP contribution in [0.5, 0.6) is 0 Å². The van der Waals surface area contributed by atoms with Gasteiger partial charge in [-0.15, -0.1) is 0 Å². The van der Waals surface area contributed by atoms with Crippen LogP contribution in [0, 0.1) is 5.92 Å². The zero-order valence-electron chi connectivity index (χ0n) is 10.5. The van der Waals surface area contributed by atoms with Crippen molar-refractivity contribution >= 4 is 11.7 Å². The van der Waals surface area contributed by atoms with Crippen molar-refractivity contribution in [3.05, 3.63) is 12.3 Å². The first-order valence-electron chi connectivity index (χ1n) is 5.77. The number of anilines is 1. The molecule has 0 atom stereocenters. The third kappa shape index (κ3) is 5.35. The summed E-state index contributed by atoms with van der Waals surface area (Å²) >= 11 is 0. The quantitative estimate of drug-likeness (QED) is 0.695. The first-order chi connectivity index (χ1) is 7.97. The summed E-state index contributed by atoms with van der Waals surface area (Å²) in [5.74, 6) is 0.706. The molecule has 96 valence electrons. The van der Waals surface area contributed by atoms with Crippen molar-refractivity contribution in [1.29, 1.82) is 0 Å². The van der Waals surface area contributed by atoms with Crippen molar-refractivity contribution in [3.63, 3.8) is 0 Å². The Morgan fingerprint density at radius 1 is 1.59 bits per heavy atom. The van der Waals surface area contributed by atoms with Gasteiger partial charge in [0.15, 0.2) is 0 Å². The van der Waals surface area contributed by atoms with Crippen LogP contribution in [0.25, 0.3) is 0 Å². The molecule has 0 unspecified atom stereocenters. The van der Waals surface area contributed by atoms with Crippen molar-refractivity contribution in [2.75, 3.05) is 25.4 Å². The van der Waals surface area contributed by atoms with E-state index < -0.39 is 0 Å². The Hall–Kier alpha value is -1.56. The second-order valence-corrected chi connectivity index (χ2v) is 4.60. The maximum Gasteiger partial charge on any atom is 0.231 e. The number of hydrogen-bond acceptors (Lipinski definition) is 4. The van der Waals surface area contributed by atoms with Crippen LogP contribution in [0.4, 0.5) is 5.82 Å². The zero-order valence-corrected chi connectivity index (χ0v) is 10.5. The fourth-order valence-electron chi connectivity index (χ4n) is 1.72. The third-order valence-corrected chi connectivity index (χ3v) is 2.31. The molecule has 0 aromatic carbocycles. The number of carbonyl (C=O) groups excluding carboxylic acids is 1. The highest BCUT2D eigenvalue weighted by Crippen LogP contribution is 2.00. The lowest BCUT2D eigenvalue weighted by Gasteiger charge is -2.22. The Bertz CT molecular complexity index is 360. The average Bonchev–Trinajstić information content (AvgIpc) is 2.59. The van der Waals surface area contributed by atoms with Gasteiger partial charge in [0.05, 0.1) is 13.1 Å². The van der Waals surface area contributed by atoms with Gasteiger partial charge in [0.25, 0.3) is 0 Å². The van der Waals surface area contributed by atoms with Gasteiger partial charge in [-0.3, -0.25) is 14.4 Å². The molecular weight excluding hydrogens is 218 g/mol. The lowest BCUT2D eigenvalue weighted by atomic mass is 10.2. The zero-order chi connectivity index (χ0) is 12.8. The van der Waals surface area contributed by atoms with Crippen LogP contribution in [-0.2, 0) is 11.3 Å². The molecule has 0 spiro atoms. The van der Waals surface area contributed by atoms with Crippen LogP contribution in [0.3, 0.4) is 0 Å². The number of amides is 1. The standard InChI is InChI=1S/C11H21N5O/c1-9(2)7-15(8-11(13)17)5-6-16-4-3-10(12)14-16/h3-4,9H,5-8H2,1-2H3,(H2,12,14)(H2,13,17). The Morgan fingerprint density at radius 2 is 2.29 bits per heavy atom. The molecule has 6 nitrogen and oxygen atoms in total. The summed E-state index contributed by atoms with van der Waals surface area (Å²) in [5.41, 5.74) is 10.7. The number of hydrogen-bond donors (Lipinski definition) is 2. The van der Waals surface area contributed by atoms with Gasteiger partial charge in [-0.1, -0.05) is 13.8 Å². The molecule has 17 heavy (non-hydrogen) atoms.